The quantitative estimate of drug-likeness (QED) is 0.778. The number of likely N-dealkylation sites (N-methyl/N-ethyl adjacent to an activating group) is 1. The van der Waals surface area contributed by atoms with Crippen molar-refractivity contribution in [1.82, 2.24) is 0 Å². The summed E-state index contributed by atoms with van der Waals surface area (Å²) in [5, 5.41) is 12.3. The Bertz CT molecular complexity index is 756. The SMILES string of the molecule is CSc1ccc(C[NH+](C)CC(=O)Nc2cc(Cl)ccc2C#N)cc1. The molecule has 0 spiro atoms. The van der Waals surface area contributed by atoms with E-state index >= 15 is 0 Å². The Hall–Kier alpha value is -2.00. The maximum Gasteiger partial charge on any atom is 0.279 e. The lowest BCUT2D eigenvalue weighted by Crippen LogP contribution is -3.08. The fourth-order valence-corrected chi connectivity index (χ4v) is 2.92. The molecule has 0 aliphatic heterocycles. The van der Waals surface area contributed by atoms with Gasteiger partial charge in [-0.3, -0.25) is 4.79 Å². The molecule has 1 atom stereocenters. The standard InChI is InChI=1S/C18H18ClN3OS/c1-22(11-13-3-7-16(24-2)8-4-13)12-18(23)21-17-9-15(19)6-5-14(17)10-20/h3-9H,11-12H2,1-2H3,(H,21,23)/p+1. The van der Waals surface area contributed by atoms with E-state index in [0.29, 0.717) is 22.8 Å². The van der Waals surface area contributed by atoms with Gasteiger partial charge in [-0.15, -0.1) is 11.8 Å². The second kappa shape index (κ2) is 8.74. The Morgan fingerprint density at radius 3 is 2.62 bits per heavy atom. The van der Waals surface area contributed by atoms with Gasteiger partial charge in [-0.05, 0) is 36.6 Å². The summed E-state index contributed by atoms with van der Waals surface area (Å²) in [5.41, 5.74) is 2.03. The number of benzene rings is 2. The first-order chi connectivity index (χ1) is 11.5. The van der Waals surface area contributed by atoms with Crippen molar-refractivity contribution in [3.8, 4) is 6.07 Å². The number of amides is 1. The summed E-state index contributed by atoms with van der Waals surface area (Å²) < 4.78 is 0. The van der Waals surface area contributed by atoms with Crippen LogP contribution in [0.15, 0.2) is 47.4 Å². The number of anilines is 1. The third-order valence-corrected chi connectivity index (χ3v) is 4.48. The number of rotatable bonds is 6. The molecule has 2 rings (SSSR count). The number of halogens is 1. The molecule has 0 aliphatic rings. The van der Waals surface area contributed by atoms with Gasteiger partial charge in [0.2, 0.25) is 0 Å². The van der Waals surface area contributed by atoms with Gasteiger partial charge in [0.25, 0.3) is 5.91 Å². The molecule has 2 aromatic rings. The van der Waals surface area contributed by atoms with Crippen LogP contribution in [0, 0.1) is 11.3 Å². The van der Waals surface area contributed by atoms with Crippen molar-refractivity contribution in [3.63, 3.8) is 0 Å². The van der Waals surface area contributed by atoms with Gasteiger partial charge in [-0.1, -0.05) is 23.7 Å². The van der Waals surface area contributed by atoms with Crippen molar-refractivity contribution in [1.29, 1.82) is 5.26 Å². The number of carbonyl (C=O) groups excluding carboxylic acids is 1. The predicted molar refractivity (Wildman–Crippen MR) is 98.5 cm³/mol. The zero-order chi connectivity index (χ0) is 17.5. The first-order valence-corrected chi connectivity index (χ1v) is 9.06. The largest absolute Gasteiger partial charge is 0.326 e. The lowest BCUT2D eigenvalue weighted by Gasteiger charge is -2.14. The third-order valence-electron chi connectivity index (χ3n) is 3.50. The van der Waals surface area contributed by atoms with E-state index in [0.717, 1.165) is 11.4 Å². The maximum absolute atomic E-state index is 12.2. The highest BCUT2D eigenvalue weighted by Crippen LogP contribution is 2.20. The summed E-state index contributed by atoms with van der Waals surface area (Å²) in [6.07, 6.45) is 2.04. The molecule has 0 heterocycles. The molecule has 1 amide bonds. The molecule has 0 saturated heterocycles. The minimum absolute atomic E-state index is 0.146. The molecule has 24 heavy (non-hydrogen) atoms. The van der Waals surface area contributed by atoms with Crippen LogP contribution >= 0.6 is 23.4 Å². The van der Waals surface area contributed by atoms with Crippen LogP contribution < -0.4 is 10.2 Å². The van der Waals surface area contributed by atoms with Gasteiger partial charge in [0.05, 0.1) is 18.3 Å². The van der Waals surface area contributed by atoms with Crippen molar-refractivity contribution < 1.29 is 9.69 Å². The lowest BCUT2D eigenvalue weighted by molar-refractivity contribution is -0.885. The van der Waals surface area contributed by atoms with Crippen LogP contribution in [0.3, 0.4) is 0 Å². The Labute approximate surface area is 151 Å². The molecule has 0 aliphatic carbocycles. The van der Waals surface area contributed by atoms with E-state index in [-0.39, 0.29) is 5.91 Å². The topological polar surface area (TPSA) is 57.3 Å². The fourth-order valence-electron chi connectivity index (χ4n) is 2.34. The fraction of sp³-hybridized carbons (Fsp3) is 0.222. The first-order valence-electron chi connectivity index (χ1n) is 7.45. The highest BCUT2D eigenvalue weighted by molar-refractivity contribution is 7.98. The summed E-state index contributed by atoms with van der Waals surface area (Å²) in [5.74, 6) is -0.146. The van der Waals surface area contributed by atoms with Crippen LogP contribution in [0.1, 0.15) is 11.1 Å². The second-order valence-electron chi connectivity index (χ2n) is 5.51. The second-order valence-corrected chi connectivity index (χ2v) is 6.82. The number of hydrogen-bond acceptors (Lipinski definition) is 3. The molecule has 0 bridgehead atoms. The zero-order valence-corrected chi connectivity index (χ0v) is 15.2. The van der Waals surface area contributed by atoms with Gasteiger partial charge in [-0.25, -0.2) is 0 Å². The van der Waals surface area contributed by atoms with Gasteiger partial charge >= 0.3 is 0 Å². The number of carbonyl (C=O) groups is 1. The van der Waals surface area contributed by atoms with Gasteiger partial charge in [0.15, 0.2) is 6.54 Å². The molecule has 0 fully saturated rings. The average molecular weight is 361 g/mol. The van der Waals surface area contributed by atoms with E-state index in [9.17, 15) is 4.79 Å². The van der Waals surface area contributed by atoms with Gasteiger partial charge < -0.3 is 10.2 Å². The van der Waals surface area contributed by atoms with Crippen LogP contribution in [0.4, 0.5) is 5.69 Å². The summed E-state index contributed by atoms with van der Waals surface area (Å²) >= 11 is 7.63. The first kappa shape index (κ1) is 18.3. The number of nitrogens with one attached hydrogen (secondary N) is 2. The Kier molecular flexibility index (Phi) is 6.68. The van der Waals surface area contributed by atoms with E-state index in [1.54, 1.807) is 30.0 Å². The lowest BCUT2D eigenvalue weighted by atomic mass is 10.2. The van der Waals surface area contributed by atoms with Gasteiger partial charge in [-0.2, -0.15) is 5.26 Å². The highest BCUT2D eigenvalue weighted by Gasteiger charge is 2.13. The molecule has 2 aromatic carbocycles. The summed E-state index contributed by atoms with van der Waals surface area (Å²) in [7, 11) is 1.96. The van der Waals surface area contributed by atoms with E-state index in [1.165, 1.54) is 10.5 Å². The van der Waals surface area contributed by atoms with Crippen LogP contribution in [0.2, 0.25) is 5.02 Å². The zero-order valence-electron chi connectivity index (χ0n) is 13.6. The van der Waals surface area contributed by atoms with Crippen molar-refractivity contribution in [2.45, 2.75) is 11.4 Å². The normalized spacial score (nSPS) is 11.6. The van der Waals surface area contributed by atoms with E-state index in [2.05, 4.69) is 29.6 Å². The summed E-state index contributed by atoms with van der Waals surface area (Å²) in [4.78, 5) is 14.5. The highest BCUT2D eigenvalue weighted by atomic mass is 35.5. The minimum Gasteiger partial charge on any atom is -0.326 e. The Morgan fingerprint density at radius 2 is 2.00 bits per heavy atom. The summed E-state index contributed by atoms with van der Waals surface area (Å²) in [6.45, 7) is 1.06. The Morgan fingerprint density at radius 1 is 1.29 bits per heavy atom. The van der Waals surface area contributed by atoms with Crippen molar-refractivity contribution in [3.05, 3.63) is 58.6 Å². The molecule has 0 aromatic heterocycles. The molecule has 6 heteroatoms. The molecule has 2 N–H and O–H groups in total. The minimum atomic E-state index is -0.146. The Balaban J connectivity index is 1.94. The van der Waals surface area contributed by atoms with Crippen LogP contribution in [0.5, 0.6) is 0 Å². The smallest absolute Gasteiger partial charge is 0.279 e. The van der Waals surface area contributed by atoms with Crippen LogP contribution in [0.25, 0.3) is 0 Å². The van der Waals surface area contributed by atoms with E-state index in [1.807, 2.05) is 19.4 Å². The third kappa shape index (κ3) is 5.27. The predicted octanol–water partition coefficient (Wildman–Crippen LogP) is 2.59. The van der Waals surface area contributed by atoms with Gasteiger partial charge in [0, 0.05) is 15.5 Å². The molecular weight excluding hydrogens is 342 g/mol. The van der Waals surface area contributed by atoms with Crippen LogP contribution in [-0.4, -0.2) is 25.8 Å². The molecule has 1 unspecified atom stereocenters. The van der Waals surface area contributed by atoms with E-state index in [4.69, 9.17) is 16.9 Å². The monoisotopic (exact) mass is 360 g/mol. The molecule has 124 valence electrons. The number of nitrogens with zero attached hydrogens (tertiary/aromatic N) is 1. The van der Waals surface area contributed by atoms with Crippen molar-refractivity contribution in [2.75, 3.05) is 25.2 Å². The number of thioether (sulfide) groups is 1. The molecular formula is C18H19ClN3OS+. The molecule has 0 radical (unpaired) electrons. The number of hydrogen-bond donors (Lipinski definition) is 2. The number of nitriles is 1. The van der Waals surface area contributed by atoms with Crippen LogP contribution in [-0.2, 0) is 11.3 Å². The van der Waals surface area contributed by atoms with E-state index < -0.39 is 0 Å². The average Bonchev–Trinajstić information content (AvgIpc) is 2.55. The molecule has 0 saturated carbocycles. The number of quaternary nitrogens is 1. The van der Waals surface area contributed by atoms with Crippen molar-refractivity contribution in [2.24, 2.45) is 0 Å². The maximum atomic E-state index is 12.2. The van der Waals surface area contributed by atoms with Gasteiger partial charge in [0.1, 0.15) is 12.6 Å². The summed E-state index contributed by atoms with van der Waals surface area (Å²) in [6, 6.07) is 15.2. The van der Waals surface area contributed by atoms with Crippen molar-refractivity contribution >= 4 is 35.0 Å². The molecule has 4 nitrogen and oxygen atoms in total.